The quantitative estimate of drug-likeness (QED) is 0.481. The Balaban J connectivity index is 2.87. The first-order valence-electron chi connectivity index (χ1n) is 4.79. The van der Waals surface area contributed by atoms with Crippen molar-refractivity contribution in [3.05, 3.63) is 33.6 Å². The van der Waals surface area contributed by atoms with E-state index in [4.69, 9.17) is 0 Å². The zero-order valence-corrected chi connectivity index (χ0v) is 10.3. The van der Waals surface area contributed by atoms with Crippen LogP contribution >= 0.6 is 15.9 Å². The van der Waals surface area contributed by atoms with E-state index >= 15 is 0 Å². The summed E-state index contributed by atoms with van der Waals surface area (Å²) in [5.74, 6) is 0. The van der Waals surface area contributed by atoms with E-state index in [1.807, 2.05) is 0 Å². The minimum atomic E-state index is -0.405. The highest BCUT2D eigenvalue weighted by molar-refractivity contribution is 9.09. The van der Waals surface area contributed by atoms with Crippen molar-refractivity contribution in [2.75, 3.05) is 0 Å². The van der Waals surface area contributed by atoms with Gasteiger partial charge in [-0.2, -0.15) is 0 Å². The highest BCUT2D eigenvalue weighted by Gasteiger charge is 2.12. The average molecular weight is 273 g/mol. The number of alkyl halides is 1. The molecule has 0 fully saturated rings. The van der Waals surface area contributed by atoms with Crippen molar-refractivity contribution in [1.82, 2.24) is 4.98 Å². The van der Waals surface area contributed by atoms with Crippen molar-refractivity contribution in [2.24, 2.45) is 0 Å². The van der Waals surface area contributed by atoms with Crippen LogP contribution in [0.1, 0.15) is 24.7 Å². The molecule has 1 heterocycles. The van der Waals surface area contributed by atoms with Crippen LogP contribution in [-0.4, -0.2) is 14.7 Å². The highest BCUT2D eigenvalue weighted by atomic mass is 79.9. The number of hydrogen-bond acceptors (Lipinski definition) is 3. The molecule has 0 saturated carbocycles. The van der Waals surface area contributed by atoms with Gasteiger partial charge in [0.2, 0.25) is 0 Å². The van der Waals surface area contributed by atoms with Gasteiger partial charge in [-0.15, -0.1) is 0 Å². The molecule has 0 spiro atoms. The molecule has 0 aliphatic rings. The average Bonchev–Trinajstić information content (AvgIpc) is 2.17. The van der Waals surface area contributed by atoms with Crippen LogP contribution < -0.4 is 0 Å². The van der Waals surface area contributed by atoms with Crippen LogP contribution in [-0.2, 0) is 6.42 Å². The molecule has 1 rings (SSSR count). The Kier molecular flexibility index (Phi) is 4.20. The molecule has 15 heavy (non-hydrogen) atoms. The summed E-state index contributed by atoms with van der Waals surface area (Å²) in [4.78, 5) is 14.8. The molecular formula is C10H13BrN2O2. The molecule has 82 valence electrons. The van der Waals surface area contributed by atoms with Gasteiger partial charge in [-0.05, 0) is 19.4 Å². The Bertz CT molecular complexity index is 368. The summed E-state index contributed by atoms with van der Waals surface area (Å²) in [5, 5.41) is 10.6. The third-order valence-corrected chi connectivity index (χ3v) is 3.16. The van der Waals surface area contributed by atoms with E-state index in [9.17, 15) is 10.1 Å². The monoisotopic (exact) mass is 272 g/mol. The van der Waals surface area contributed by atoms with Crippen LogP contribution in [0.5, 0.6) is 0 Å². The fourth-order valence-corrected chi connectivity index (χ4v) is 1.62. The van der Waals surface area contributed by atoms with E-state index in [-0.39, 0.29) is 5.69 Å². The van der Waals surface area contributed by atoms with Gasteiger partial charge in [-0.25, -0.2) is 0 Å². The Morgan fingerprint density at radius 3 is 2.73 bits per heavy atom. The van der Waals surface area contributed by atoms with Crippen LogP contribution in [0.3, 0.4) is 0 Å². The second kappa shape index (κ2) is 5.21. The van der Waals surface area contributed by atoms with Gasteiger partial charge in [-0.1, -0.05) is 22.9 Å². The zero-order chi connectivity index (χ0) is 11.4. The second-order valence-corrected chi connectivity index (χ2v) is 4.67. The lowest BCUT2D eigenvalue weighted by Crippen LogP contribution is -2.04. The summed E-state index contributed by atoms with van der Waals surface area (Å²) < 4.78 is 0. The number of aromatic nitrogens is 1. The van der Waals surface area contributed by atoms with E-state index in [1.165, 1.54) is 6.07 Å². The van der Waals surface area contributed by atoms with Crippen molar-refractivity contribution in [3.63, 3.8) is 0 Å². The van der Waals surface area contributed by atoms with Crippen LogP contribution in [0.4, 0.5) is 5.69 Å². The van der Waals surface area contributed by atoms with Gasteiger partial charge in [0.15, 0.2) is 0 Å². The molecule has 0 aromatic carbocycles. The van der Waals surface area contributed by atoms with Gasteiger partial charge in [0.1, 0.15) is 5.69 Å². The van der Waals surface area contributed by atoms with Crippen molar-refractivity contribution in [3.8, 4) is 0 Å². The van der Waals surface area contributed by atoms with Gasteiger partial charge >= 0.3 is 0 Å². The predicted octanol–water partition coefficient (Wildman–Crippen LogP) is 3.01. The van der Waals surface area contributed by atoms with Crippen molar-refractivity contribution >= 4 is 21.6 Å². The zero-order valence-electron chi connectivity index (χ0n) is 8.74. The molecular weight excluding hydrogens is 260 g/mol. The lowest BCUT2D eigenvalue weighted by molar-refractivity contribution is -0.385. The molecule has 1 aromatic rings. The molecule has 0 saturated heterocycles. The SMILES string of the molecule is CCC(Br)Cc1ccc([N+](=O)[O-])c(C)n1. The number of halogens is 1. The molecule has 0 aliphatic heterocycles. The van der Waals surface area contributed by atoms with Gasteiger partial charge in [0.25, 0.3) is 5.69 Å². The fraction of sp³-hybridized carbons (Fsp3) is 0.500. The van der Waals surface area contributed by atoms with Crippen LogP contribution in [0.25, 0.3) is 0 Å². The number of nitrogens with zero attached hydrogens (tertiary/aromatic N) is 2. The molecule has 0 aliphatic carbocycles. The normalized spacial score (nSPS) is 12.5. The Labute approximate surface area is 97.0 Å². The standard InChI is InChI=1S/C10H13BrN2O2/c1-3-8(11)6-9-4-5-10(13(14)15)7(2)12-9/h4-5,8H,3,6H2,1-2H3. The lowest BCUT2D eigenvalue weighted by Gasteiger charge is -2.06. The van der Waals surface area contributed by atoms with Gasteiger partial charge < -0.3 is 0 Å². The molecule has 1 aromatic heterocycles. The highest BCUT2D eigenvalue weighted by Crippen LogP contribution is 2.18. The van der Waals surface area contributed by atoms with Gasteiger partial charge in [-0.3, -0.25) is 15.1 Å². The number of nitro groups is 1. The van der Waals surface area contributed by atoms with Crippen molar-refractivity contribution < 1.29 is 4.92 Å². The van der Waals surface area contributed by atoms with Crippen LogP contribution in [0.15, 0.2) is 12.1 Å². The van der Waals surface area contributed by atoms with Gasteiger partial charge in [0, 0.05) is 23.0 Å². The Morgan fingerprint density at radius 2 is 2.27 bits per heavy atom. The number of pyridine rings is 1. The predicted molar refractivity (Wildman–Crippen MR) is 62.3 cm³/mol. The lowest BCUT2D eigenvalue weighted by atomic mass is 10.1. The number of aryl methyl sites for hydroxylation is 1. The molecule has 4 nitrogen and oxygen atoms in total. The minimum Gasteiger partial charge on any atom is -0.258 e. The first-order chi connectivity index (χ1) is 7.04. The van der Waals surface area contributed by atoms with Crippen LogP contribution in [0.2, 0.25) is 0 Å². The summed E-state index contributed by atoms with van der Waals surface area (Å²) in [6, 6.07) is 3.24. The molecule has 0 N–H and O–H groups in total. The Morgan fingerprint density at radius 1 is 1.60 bits per heavy atom. The van der Waals surface area contributed by atoms with E-state index < -0.39 is 4.92 Å². The minimum absolute atomic E-state index is 0.0846. The molecule has 0 bridgehead atoms. The summed E-state index contributed by atoms with van der Waals surface area (Å²) in [5.41, 5.74) is 1.46. The summed E-state index contributed by atoms with van der Waals surface area (Å²) in [7, 11) is 0. The van der Waals surface area contributed by atoms with Crippen LogP contribution in [0, 0.1) is 17.0 Å². The first-order valence-corrected chi connectivity index (χ1v) is 5.71. The molecule has 1 unspecified atom stereocenters. The summed E-state index contributed by atoms with van der Waals surface area (Å²) >= 11 is 3.51. The maximum Gasteiger partial charge on any atom is 0.290 e. The van der Waals surface area contributed by atoms with Gasteiger partial charge in [0.05, 0.1) is 4.92 Å². The second-order valence-electron chi connectivity index (χ2n) is 3.37. The number of hydrogen-bond donors (Lipinski definition) is 0. The fourth-order valence-electron chi connectivity index (χ4n) is 1.28. The largest absolute Gasteiger partial charge is 0.290 e. The molecule has 0 amide bonds. The molecule has 0 radical (unpaired) electrons. The summed E-state index contributed by atoms with van der Waals surface area (Å²) in [6.45, 7) is 3.74. The molecule has 5 heteroatoms. The summed E-state index contributed by atoms with van der Waals surface area (Å²) in [6.07, 6.45) is 1.81. The first kappa shape index (κ1) is 12.1. The van der Waals surface area contributed by atoms with Crippen molar-refractivity contribution in [2.45, 2.75) is 31.5 Å². The van der Waals surface area contributed by atoms with E-state index in [1.54, 1.807) is 13.0 Å². The van der Waals surface area contributed by atoms with E-state index in [0.29, 0.717) is 10.5 Å². The smallest absolute Gasteiger partial charge is 0.258 e. The maximum atomic E-state index is 10.6. The van der Waals surface area contributed by atoms with E-state index in [2.05, 4.69) is 27.8 Å². The molecule has 1 atom stereocenters. The maximum absolute atomic E-state index is 10.6. The third kappa shape index (κ3) is 3.27. The third-order valence-electron chi connectivity index (χ3n) is 2.19. The topological polar surface area (TPSA) is 56.0 Å². The van der Waals surface area contributed by atoms with Crippen molar-refractivity contribution in [1.29, 1.82) is 0 Å². The van der Waals surface area contributed by atoms with E-state index in [0.717, 1.165) is 18.5 Å². The number of rotatable bonds is 4. The Hall–Kier alpha value is -0.970.